The number of phenols is 1. The summed E-state index contributed by atoms with van der Waals surface area (Å²) >= 11 is 0. The third-order valence-electron chi connectivity index (χ3n) is 5.87. The van der Waals surface area contributed by atoms with Crippen molar-refractivity contribution >= 4 is 29.4 Å². The van der Waals surface area contributed by atoms with Crippen molar-refractivity contribution in [2.75, 3.05) is 35.4 Å². The highest BCUT2D eigenvalue weighted by Crippen LogP contribution is 2.26. The Kier molecular flexibility index (Phi) is 7.18. The van der Waals surface area contributed by atoms with Gasteiger partial charge in [0.1, 0.15) is 5.75 Å². The van der Waals surface area contributed by atoms with E-state index in [0.29, 0.717) is 25.5 Å². The van der Waals surface area contributed by atoms with Crippen molar-refractivity contribution in [1.82, 2.24) is 15.0 Å². The number of phenolic OH excluding ortho intramolecular Hbond substituents is 1. The number of nitrogens with zero attached hydrogens (tertiary/aromatic N) is 5. The van der Waals surface area contributed by atoms with Gasteiger partial charge in [-0.1, -0.05) is 24.3 Å². The SMILES string of the molecule is CC1COCCN1c1nc(N/N=C/c2ccc(Nc3ccc(-c4cccc(O)c4)cc3)cn2)ncc1F. The summed E-state index contributed by atoms with van der Waals surface area (Å²) in [6.07, 6.45) is 4.38. The third-order valence-corrected chi connectivity index (χ3v) is 5.87. The molecule has 188 valence electrons. The van der Waals surface area contributed by atoms with Crippen molar-refractivity contribution in [3.05, 3.63) is 84.6 Å². The van der Waals surface area contributed by atoms with Gasteiger partial charge in [0.25, 0.3) is 0 Å². The molecule has 9 nitrogen and oxygen atoms in total. The summed E-state index contributed by atoms with van der Waals surface area (Å²) < 4.78 is 19.7. The molecule has 3 heterocycles. The molecule has 4 aromatic rings. The van der Waals surface area contributed by atoms with Gasteiger partial charge in [-0.2, -0.15) is 10.1 Å². The average molecular weight is 500 g/mol. The van der Waals surface area contributed by atoms with Crippen LogP contribution in [0.3, 0.4) is 0 Å². The van der Waals surface area contributed by atoms with E-state index in [2.05, 4.69) is 30.8 Å². The number of hydrogen-bond donors (Lipinski definition) is 3. The van der Waals surface area contributed by atoms with Crippen LogP contribution in [0.1, 0.15) is 12.6 Å². The number of anilines is 4. The maximum atomic E-state index is 14.3. The van der Waals surface area contributed by atoms with Gasteiger partial charge in [-0.15, -0.1) is 0 Å². The minimum absolute atomic E-state index is 0.0158. The van der Waals surface area contributed by atoms with E-state index in [4.69, 9.17) is 4.74 Å². The minimum Gasteiger partial charge on any atom is -0.508 e. The van der Waals surface area contributed by atoms with Crippen LogP contribution in [-0.2, 0) is 4.74 Å². The third kappa shape index (κ3) is 5.99. The number of aromatic nitrogens is 3. The summed E-state index contributed by atoms with van der Waals surface area (Å²) in [5, 5.41) is 17.1. The summed E-state index contributed by atoms with van der Waals surface area (Å²) in [6.45, 7) is 3.56. The van der Waals surface area contributed by atoms with E-state index >= 15 is 0 Å². The molecule has 1 aliphatic heterocycles. The quantitative estimate of drug-likeness (QED) is 0.246. The lowest BCUT2D eigenvalue weighted by Gasteiger charge is -2.34. The van der Waals surface area contributed by atoms with Gasteiger partial charge in [-0.3, -0.25) is 4.98 Å². The lowest BCUT2D eigenvalue weighted by molar-refractivity contribution is 0.0981. The lowest BCUT2D eigenvalue weighted by Crippen LogP contribution is -2.44. The Morgan fingerprint density at radius 2 is 1.89 bits per heavy atom. The van der Waals surface area contributed by atoms with Crippen LogP contribution in [0.2, 0.25) is 0 Å². The van der Waals surface area contributed by atoms with E-state index in [1.165, 1.54) is 6.21 Å². The molecule has 2 aromatic heterocycles. The van der Waals surface area contributed by atoms with E-state index in [1.807, 2.05) is 60.4 Å². The summed E-state index contributed by atoms with van der Waals surface area (Å²) in [7, 11) is 0. The number of nitrogens with one attached hydrogen (secondary N) is 2. The predicted octanol–water partition coefficient (Wildman–Crippen LogP) is 4.80. The maximum Gasteiger partial charge on any atom is 0.245 e. The molecule has 0 saturated carbocycles. The molecule has 3 N–H and O–H groups in total. The van der Waals surface area contributed by atoms with E-state index in [0.717, 1.165) is 28.7 Å². The van der Waals surface area contributed by atoms with E-state index < -0.39 is 5.82 Å². The summed E-state index contributed by atoms with van der Waals surface area (Å²) in [5.74, 6) is 0.176. The first kappa shape index (κ1) is 24.1. The first-order chi connectivity index (χ1) is 18.0. The molecule has 5 rings (SSSR count). The number of hydrazone groups is 1. The molecule has 0 spiro atoms. The molecule has 1 saturated heterocycles. The molecule has 37 heavy (non-hydrogen) atoms. The number of rotatable bonds is 7. The van der Waals surface area contributed by atoms with Crippen molar-refractivity contribution in [3.8, 4) is 16.9 Å². The van der Waals surface area contributed by atoms with Crippen LogP contribution in [0.5, 0.6) is 5.75 Å². The van der Waals surface area contributed by atoms with Gasteiger partial charge in [-0.25, -0.2) is 14.8 Å². The smallest absolute Gasteiger partial charge is 0.245 e. The Bertz CT molecular complexity index is 1380. The Labute approximate surface area is 213 Å². The molecule has 1 fully saturated rings. The molecule has 2 aromatic carbocycles. The van der Waals surface area contributed by atoms with Gasteiger partial charge >= 0.3 is 0 Å². The molecular weight excluding hydrogens is 473 g/mol. The number of ether oxygens (including phenoxy) is 1. The maximum absolute atomic E-state index is 14.3. The second-order valence-corrected chi connectivity index (χ2v) is 8.58. The van der Waals surface area contributed by atoms with Crippen LogP contribution in [0.15, 0.2) is 78.2 Å². The molecule has 1 atom stereocenters. The van der Waals surface area contributed by atoms with Crippen LogP contribution in [0.25, 0.3) is 11.1 Å². The first-order valence-corrected chi connectivity index (χ1v) is 11.8. The van der Waals surface area contributed by atoms with Crippen molar-refractivity contribution in [2.45, 2.75) is 13.0 Å². The standard InChI is InChI=1S/C27H26FN7O2/c1-18-17-37-12-11-35(18)26-25(28)16-30-27(33-26)34-31-15-22-9-10-23(14-29-22)32-21-7-5-19(6-8-21)20-3-2-4-24(36)13-20/h2-10,13-16,18,32,36H,11-12,17H2,1H3,(H,30,33,34)/b31-15+. The second-order valence-electron chi connectivity index (χ2n) is 8.58. The van der Waals surface area contributed by atoms with Crippen LogP contribution in [-0.4, -0.2) is 52.1 Å². The Balaban J connectivity index is 1.19. The van der Waals surface area contributed by atoms with Gasteiger partial charge in [0, 0.05) is 12.2 Å². The fourth-order valence-electron chi connectivity index (χ4n) is 3.97. The van der Waals surface area contributed by atoms with Gasteiger partial charge < -0.3 is 20.1 Å². The van der Waals surface area contributed by atoms with Crippen molar-refractivity contribution in [1.29, 1.82) is 0 Å². The van der Waals surface area contributed by atoms with Crippen LogP contribution >= 0.6 is 0 Å². The molecule has 1 unspecified atom stereocenters. The molecule has 0 aliphatic carbocycles. The normalized spacial score (nSPS) is 15.6. The van der Waals surface area contributed by atoms with Crippen LogP contribution in [0.4, 0.5) is 27.5 Å². The Morgan fingerprint density at radius 3 is 2.65 bits per heavy atom. The van der Waals surface area contributed by atoms with Gasteiger partial charge in [0.05, 0.1) is 49.2 Å². The van der Waals surface area contributed by atoms with E-state index in [1.54, 1.807) is 18.3 Å². The van der Waals surface area contributed by atoms with Crippen molar-refractivity contribution in [3.63, 3.8) is 0 Å². The average Bonchev–Trinajstić information content (AvgIpc) is 2.91. The second kappa shape index (κ2) is 11.0. The zero-order valence-corrected chi connectivity index (χ0v) is 20.2. The molecule has 0 bridgehead atoms. The summed E-state index contributed by atoms with van der Waals surface area (Å²) in [5.41, 5.74) is 7.06. The van der Waals surface area contributed by atoms with Gasteiger partial charge in [-0.05, 0) is 54.4 Å². The number of aromatic hydroxyl groups is 1. The zero-order valence-electron chi connectivity index (χ0n) is 20.2. The van der Waals surface area contributed by atoms with Crippen molar-refractivity contribution < 1.29 is 14.2 Å². The molecule has 0 radical (unpaired) electrons. The van der Waals surface area contributed by atoms with Crippen LogP contribution < -0.4 is 15.6 Å². The topological polar surface area (TPSA) is 108 Å². The number of pyridine rings is 1. The molecule has 10 heteroatoms. The Hall–Kier alpha value is -4.57. The molecule has 1 aliphatic rings. The van der Waals surface area contributed by atoms with E-state index in [-0.39, 0.29) is 23.6 Å². The Morgan fingerprint density at radius 1 is 1.05 bits per heavy atom. The fraction of sp³-hybridized carbons (Fsp3) is 0.185. The number of morpholine rings is 1. The minimum atomic E-state index is -0.484. The number of halogens is 1. The summed E-state index contributed by atoms with van der Waals surface area (Å²) in [6, 6.07) is 18.8. The predicted molar refractivity (Wildman–Crippen MR) is 142 cm³/mol. The monoisotopic (exact) mass is 499 g/mol. The highest BCUT2D eigenvalue weighted by molar-refractivity contribution is 5.78. The highest BCUT2D eigenvalue weighted by Gasteiger charge is 2.23. The fourth-order valence-corrected chi connectivity index (χ4v) is 3.97. The van der Waals surface area contributed by atoms with Crippen molar-refractivity contribution in [2.24, 2.45) is 5.10 Å². The first-order valence-electron chi connectivity index (χ1n) is 11.8. The molecule has 0 amide bonds. The van der Waals surface area contributed by atoms with Gasteiger partial charge in [0.15, 0.2) is 11.6 Å². The number of hydrogen-bond acceptors (Lipinski definition) is 9. The summed E-state index contributed by atoms with van der Waals surface area (Å²) in [4.78, 5) is 14.5. The van der Waals surface area contributed by atoms with E-state index in [9.17, 15) is 9.50 Å². The van der Waals surface area contributed by atoms with Crippen LogP contribution in [0, 0.1) is 5.82 Å². The van der Waals surface area contributed by atoms with Gasteiger partial charge in [0.2, 0.25) is 5.95 Å². The highest BCUT2D eigenvalue weighted by atomic mass is 19.1. The molecular formula is C27H26FN7O2. The largest absolute Gasteiger partial charge is 0.508 e. The zero-order chi connectivity index (χ0) is 25.6. The lowest BCUT2D eigenvalue weighted by atomic mass is 10.1. The number of benzene rings is 2.